The first-order valence-corrected chi connectivity index (χ1v) is 6.27. The van der Waals surface area contributed by atoms with Crippen LogP contribution in [0.1, 0.15) is 23.2 Å². The summed E-state index contributed by atoms with van der Waals surface area (Å²) >= 11 is 0. The molecule has 3 rings (SSSR count). The summed E-state index contributed by atoms with van der Waals surface area (Å²) in [7, 11) is 0. The van der Waals surface area contributed by atoms with Gasteiger partial charge in [0.05, 0.1) is 0 Å². The van der Waals surface area contributed by atoms with Crippen molar-refractivity contribution in [2.75, 3.05) is 13.1 Å². The summed E-state index contributed by atoms with van der Waals surface area (Å²) in [5, 5.41) is 0.530. The van der Waals surface area contributed by atoms with Gasteiger partial charge in [0, 0.05) is 24.0 Å². The number of hydrogen-bond acceptors (Lipinski definition) is 2. The number of likely N-dealkylation sites (tertiary alicyclic amines) is 1. The Labute approximate surface area is 108 Å². The maximum absolute atomic E-state index is 13.2. The number of carbonyl (C=O) groups is 1. The summed E-state index contributed by atoms with van der Waals surface area (Å²) in [4.78, 5) is 28.4. The Morgan fingerprint density at radius 1 is 1.21 bits per heavy atom. The highest BCUT2D eigenvalue weighted by Gasteiger charge is 2.22. The van der Waals surface area contributed by atoms with E-state index in [9.17, 15) is 14.0 Å². The first-order chi connectivity index (χ1) is 9.15. The number of fused-ring (bicyclic) bond motifs is 1. The zero-order valence-corrected chi connectivity index (χ0v) is 10.3. The fourth-order valence-corrected chi connectivity index (χ4v) is 2.43. The zero-order valence-electron chi connectivity index (χ0n) is 10.3. The minimum absolute atomic E-state index is 0.0833. The smallest absolute Gasteiger partial charge is 0.261 e. The fraction of sp³-hybridized carbons (Fsp3) is 0.286. The highest BCUT2D eigenvalue weighted by molar-refractivity contribution is 5.97. The molecule has 0 unspecified atom stereocenters. The van der Waals surface area contributed by atoms with Crippen LogP contribution in [0.2, 0.25) is 0 Å². The van der Waals surface area contributed by atoms with Gasteiger partial charge in [0.15, 0.2) is 0 Å². The van der Waals surface area contributed by atoms with Gasteiger partial charge in [-0.05, 0) is 37.1 Å². The van der Waals surface area contributed by atoms with Crippen LogP contribution in [0.5, 0.6) is 0 Å². The van der Waals surface area contributed by atoms with Crippen LogP contribution in [0.15, 0.2) is 29.1 Å². The number of aromatic nitrogens is 1. The third-order valence-electron chi connectivity index (χ3n) is 3.43. The molecule has 0 bridgehead atoms. The molecule has 98 valence electrons. The van der Waals surface area contributed by atoms with Crippen LogP contribution in [-0.4, -0.2) is 28.9 Å². The number of halogens is 1. The molecule has 2 aromatic rings. The topological polar surface area (TPSA) is 53.2 Å². The fourth-order valence-electron chi connectivity index (χ4n) is 2.43. The molecule has 0 atom stereocenters. The van der Waals surface area contributed by atoms with Crippen molar-refractivity contribution in [3.63, 3.8) is 0 Å². The lowest BCUT2D eigenvalue weighted by Gasteiger charge is -2.14. The predicted molar refractivity (Wildman–Crippen MR) is 69.7 cm³/mol. The van der Waals surface area contributed by atoms with Crippen molar-refractivity contribution < 1.29 is 9.18 Å². The molecule has 1 fully saturated rings. The Hall–Kier alpha value is -2.17. The Bertz CT molecular complexity index is 702. The van der Waals surface area contributed by atoms with Gasteiger partial charge in [-0.25, -0.2) is 4.39 Å². The first-order valence-electron chi connectivity index (χ1n) is 6.27. The second kappa shape index (κ2) is 4.50. The van der Waals surface area contributed by atoms with E-state index in [-0.39, 0.29) is 17.3 Å². The van der Waals surface area contributed by atoms with E-state index in [0.29, 0.717) is 24.0 Å². The van der Waals surface area contributed by atoms with Crippen LogP contribution in [0, 0.1) is 5.82 Å². The second-order valence-electron chi connectivity index (χ2n) is 4.74. The number of aromatic amines is 1. The number of nitrogens with one attached hydrogen (secondary N) is 1. The van der Waals surface area contributed by atoms with Gasteiger partial charge in [0.1, 0.15) is 11.4 Å². The van der Waals surface area contributed by atoms with Crippen molar-refractivity contribution in [1.82, 2.24) is 9.88 Å². The van der Waals surface area contributed by atoms with E-state index in [2.05, 4.69) is 4.98 Å². The number of rotatable bonds is 1. The number of hydrogen-bond donors (Lipinski definition) is 1. The average molecular weight is 260 g/mol. The van der Waals surface area contributed by atoms with Crippen molar-refractivity contribution in [1.29, 1.82) is 0 Å². The van der Waals surface area contributed by atoms with Gasteiger partial charge < -0.3 is 9.88 Å². The number of H-pyrrole nitrogens is 1. The van der Waals surface area contributed by atoms with Crippen LogP contribution in [0.3, 0.4) is 0 Å². The molecule has 0 aliphatic carbocycles. The monoisotopic (exact) mass is 260 g/mol. The largest absolute Gasteiger partial charge is 0.338 e. The molecule has 0 spiro atoms. The lowest BCUT2D eigenvalue weighted by atomic mass is 10.1. The SMILES string of the molecule is O=C(c1cc2cc(F)ccc2[nH]c1=O)N1CCCC1. The molecule has 1 aliphatic heterocycles. The normalized spacial score (nSPS) is 15.1. The summed E-state index contributed by atoms with van der Waals surface area (Å²) in [6.07, 6.45) is 1.93. The molecule has 1 aliphatic rings. The molecule has 1 saturated heterocycles. The Balaban J connectivity index is 2.10. The van der Waals surface area contributed by atoms with E-state index in [4.69, 9.17) is 0 Å². The predicted octanol–water partition coefficient (Wildman–Crippen LogP) is 1.90. The zero-order chi connectivity index (χ0) is 13.4. The molecule has 5 heteroatoms. The molecular formula is C14H13FN2O2. The van der Waals surface area contributed by atoms with Crippen LogP contribution in [0.25, 0.3) is 10.9 Å². The number of amides is 1. The molecule has 0 saturated carbocycles. The number of pyridine rings is 1. The number of nitrogens with zero attached hydrogens (tertiary/aromatic N) is 1. The average Bonchev–Trinajstić information content (AvgIpc) is 2.91. The molecule has 19 heavy (non-hydrogen) atoms. The lowest BCUT2D eigenvalue weighted by Crippen LogP contribution is -2.32. The molecule has 2 heterocycles. The van der Waals surface area contributed by atoms with Crippen molar-refractivity contribution in [2.24, 2.45) is 0 Å². The molecule has 0 radical (unpaired) electrons. The maximum atomic E-state index is 13.2. The van der Waals surface area contributed by atoms with Gasteiger partial charge in [-0.2, -0.15) is 0 Å². The minimum atomic E-state index is -0.420. The summed E-state index contributed by atoms with van der Waals surface area (Å²) in [6, 6.07) is 5.56. The molecule has 1 N–H and O–H groups in total. The maximum Gasteiger partial charge on any atom is 0.261 e. The quantitative estimate of drug-likeness (QED) is 0.851. The van der Waals surface area contributed by atoms with E-state index >= 15 is 0 Å². The highest BCUT2D eigenvalue weighted by atomic mass is 19.1. The molecule has 1 aromatic heterocycles. The molecular weight excluding hydrogens is 247 g/mol. The van der Waals surface area contributed by atoms with Gasteiger partial charge in [0.25, 0.3) is 11.5 Å². The summed E-state index contributed by atoms with van der Waals surface area (Å²) in [5.41, 5.74) is 0.195. The Morgan fingerprint density at radius 2 is 1.95 bits per heavy atom. The first kappa shape index (κ1) is 11.9. The van der Waals surface area contributed by atoms with Crippen molar-refractivity contribution >= 4 is 16.8 Å². The summed E-state index contributed by atoms with van der Waals surface area (Å²) < 4.78 is 13.2. The third-order valence-corrected chi connectivity index (χ3v) is 3.43. The van der Waals surface area contributed by atoms with Gasteiger partial charge >= 0.3 is 0 Å². The van der Waals surface area contributed by atoms with E-state index in [0.717, 1.165) is 12.8 Å². The number of benzene rings is 1. The summed E-state index contributed by atoms with van der Waals surface area (Å²) in [5.74, 6) is -0.663. The van der Waals surface area contributed by atoms with Gasteiger partial charge in [-0.3, -0.25) is 9.59 Å². The van der Waals surface area contributed by atoms with E-state index in [1.807, 2.05) is 0 Å². The Kier molecular flexibility index (Phi) is 2.81. The van der Waals surface area contributed by atoms with Crippen LogP contribution >= 0.6 is 0 Å². The lowest BCUT2D eigenvalue weighted by molar-refractivity contribution is 0.0791. The Morgan fingerprint density at radius 3 is 2.68 bits per heavy atom. The van der Waals surface area contributed by atoms with Crippen molar-refractivity contribution in [2.45, 2.75) is 12.8 Å². The van der Waals surface area contributed by atoms with Gasteiger partial charge in [-0.1, -0.05) is 0 Å². The second-order valence-corrected chi connectivity index (χ2v) is 4.74. The van der Waals surface area contributed by atoms with Crippen molar-refractivity contribution in [3.8, 4) is 0 Å². The summed E-state index contributed by atoms with van der Waals surface area (Å²) in [6.45, 7) is 1.36. The van der Waals surface area contributed by atoms with E-state index in [1.165, 1.54) is 24.3 Å². The van der Waals surface area contributed by atoms with Crippen LogP contribution < -0.4 is 5.56 Å². The molecule has 1 aromatic carbocycles. The van der Waals surface area contributed by atoms with E-state index < -0.39 is 5.56 Å². The van der Waals surface area contributed by atoms with Gasteiger partial charge in [0.2, 0.25) is 0 Å². The van der Waals surface area contributed by atoms with E-state index in [1.54, 1.807) is 4.90 Å². The number of carbonyl (C=O) groups excluding carboxylic acids is 1. The molecule has 4 nitrogen and oxygen atoms in total. The van der Waals surface area contributed by atoms with Crippen LogP contribution in [-0.2, 0) is 0 Å². The third kappa shape index (κ3) is 2.12. The minimum Gasteiger partial charge on any atom is -0.338 e. The van der Waals surface area contributed by atoms with Crippen molar-refractivity contribution in [3.05, 3.63) is 46.0 Å². The van der Waals surface area contributed by atoms with Crippen LogP contribution in [0.4, 0.5) is 4.39 Å². The molecule has 1 amide bonds. The highest BCUT2D eigenvalue weighted by Crippen LogP contribution is 2.15. The standard InChI is InChI=1S/C14H13FN2O2/c15-10-3-4-12-9(7-10)8-11(13(18)16-12)14(19)17-5-1-2-6-17/h3-4,7-8H,1-2,5-6H2,(H,16,18). The van der Waals surface area contributed by atoms with Gasteiger partial charge in [-0.15, -0.1) is 0 Å².